The highest BCUT2D eigenvalue weighted by molar-refractivity contribution is 5.95. The lowest BCUT2D eigenvalue weighted by Gasteiger charge is -2.22. The smallest absolute Gasteiger partial charge is 0.254 e. The number of carbonyl (C=O) groups excluding carboxylic acids is 1. The number of hydrogen-bond donors (Lipinski definition) is 0. The predicted molar refractivity (Wildman–Crippen MR) is 106 cm³/mol. The van der Waals surface area contributed by atoms with E-state index in [9.17, 15) is 4.79 Å². The molecular weight excluding hydrogens is 352 g/mol. The van der Waals surface area contributed by atoms with Crippen molar-refractivity contribution in [3.05, 3.63) is 83.1 Å². The van der Waals surface area contributed by atoms with E-state index in [-0.39, 0.29) is 5.91 Å². The molecule has 1 saturated carbocycles. The van der Waals surface area contributed by atoms with Crippen LogP contribution >= 0.6 is 0 Å². The first-order valence-corrected chi connectivity index (χ1v) is 9.58. The zero-order valence-electron chi connectivity index (χ0n) is 16.2. The number of hydrogen-bond acceptors (Lipinski definition) is 4. The minimum absolute atomic E-state index is 0.0453. The van der Waals surface area contributed by atoms with Crippen molar-refractivity contribution in [1.82, 2.24) is 9.88 Å². The molecule has 144 valence electrons. The van der Waals surface area contributed by atoms with Crippen LogP contribution in [0.3, 0.4) is 0 Å². The lowest BCUT2D eigenvalue weighted by Crippen LogP contribution is -2.32. The molecule has 0 spiro atoms. The van der Waals surface area contributed by atoms with Crippen molar-refractivity contribution in [3.8, 4) is 5.75 Å². The van der Waals surface area contributed by atoms with Gasteiger partial charge in [-0.2, -0.15) is 0 Å². The van der Waals surface area contributed by atoms with Crippen molar-refractivity contribution in [2.24, 2.45) is 0 Å². The molecule has 3 aromatic rings. The van der Waals surface area contributed by atoms with E-state index in [1.54, 1.807) is 18.7 Å². The van der Waals surface area contributed by atoms with E-state index >= 15 is 0 Å². The van der Waals surface area contributed by atoms with Gasteiger partial charge in [0.25, 0.3) is 5.91 Å². The topological polar surface area (TPSA) is 55.6 Å². The second-order valence-corrected chi connectivity index (χ2v) is 7.33. The third kappa shape index (κ3) is 4.09. The zero-order chi connectivity index (χ0) is 19.5. The van der Waals surface area contributed by atoms with Crippen molar-refractivity contribution in [2.45, 2.75) is 45.9 Å². The fraction of sp³-hybridized carbons (Fsp3) is 0.304. The van der Waals surface area contributed by atoms with Gasteiger partial charge in [-0.1, -0.05) is 6.07 Å². The number of pyridine rings is 1. The van der Waals surface area contributed by atoms with Crippen molar-refractivity contribution < 1.29 is 13.9 Å². The Morgan fingerprint density at radius 2 is 2.00 bits per heavy atom. The van der Waals surface area contributed by atoms with E-state index in [4.69, 9.17) is 9.15 Å². The number of aromatic nitrogens is 1. The molecule has 1 fully saturated rings. The summed E-state index contributed by atoms with van der Waals surface area (Å²) in [6.07, 6.45) is 7.29. The molecule has 5 nitrogen and oxygen atoms in total. The Kier molecular flexibility index (Phi) is 5.15. The quantitative estimate of drug-likeness (QED) is 0.601. The summed E-state index contributed by atoms with van der Waals surface area (Å²) < 4.78 is 11.5. The number of nitrogens with zero attached hydrogens (tertiary/aromatic N) is 2. The Bertz CT molecular complexity index is 924. The molecule has 2 aromatic heterocycles. The largest absolute Gasteiger partial charge is 0.488 e. The average Bonchev–Trinajstić information content (AvgIpc) is 3.41. The van der Waals surface area contributed by atoms with Crippen LogP contribution in [-0.2, 0) is 13.2 Å². The molecule has 2 heterocycles. The van der Waals surface area contributed by atoms with Crippen LogP contribution in [0.1, 0.15) is 45.7 Å². The number of aryl methyl sites for hydroxylation is 2. The first kappa shape index (κ1) is 18.3. The van der Waals surface area contributed by atoms with Crippen LogP contribution < -0.4 is 4.74 Å². The average molecular weight is 376 g/mol. The minimum atomic E-state index is 0.0453. The summed E-state index contributed by atoms with van der Waals surface area (Å²) in [5.41, 5.74) is 3.63. The number of ether oxygens (including phenoxy) is 1. The van der Waals surface area contributed by atoms with Crippen molar-refractivity contribution in [2.75, 3.05) is 0 Å². The lowest BCUT2D eigenvalue weighted by atomic mass is 10.0. The summed E-state index contributed by atoms with van der Waals surface area (Å²) in [7, 11) is 0. The van der Waals surface area contributed by atoms with Crippen molar-refractivity contribution in [3.63, 3.8) is 0 Å². The summed E-state index contributed by atoms with van der Waals surface area (Å²) in [6, 6.07) is 11.8. The Hall–Kier alpha value is -3.08. The van der Waals surface area contributed by atoms with Gasteiger partial charge in [0.1, 0.15) is 18.1 Å². The molecule has 1 aromatic carbocycles. The van der Waals surface area contributed by atoms with Gasteiger partial charge in [0, 0.05) is 29.6 Å². The van der Waals surface area contributed by atoms with Crippen LogP contribution in [0.4, 0.5) is 0 Å². The maximum Gasteiger partial charge on any atom is 0.254 e. The van der Waals surface area contributed by atoms with Gasteiger partial charge in [0.05, 0.1) is 12.8 Å². The standard InChI is InChI=1S/C23H24N2O3/c1-16-11-19(12-17(2)22(16)28-15-18-5-3-9-24-13-18)23(26)25(20-7-8-20)14-21-6-4-10-27-21/h3-6,9-13,20H,7-8,14-15H2,1-2H3. The Balaban J connectivity index is 1.52. The van der Waals surface area contributed by atoms with Crippen LogP contribution in [-0.4, -0.2) is 21.8 Å². The molecule has 1 amide bonds. The van der Waals surface area contributed by atoms with Gasteiger partial charge < -0.3 is 14.1 Å². The normalized spacial score (nSPS) is 13.4. The molecule has 4 rings (SSSR count). The second-order valence-electron chi connectivity index (χ2n) is 7.33. The second kappa shape index (κ2) is 7.89. The summed E-state index contributed by atoms with van der Waals surface area (Å²) in [6.45, 7) is 4.93. The summed E-state index contributed by atoms with van der Waals surface area (Å²) >= 11 is 0. The monoisotopic (exact) mass is 376 g/mol. The summed E-state index contributed by atoms with van der Waals surface area (Å²) in [5.74, 6) is 1.68. The molecule has 0 saturated heterocycles. The number of benzene rings is 1. The molecule has 0 unspecified atom stereocenters. The fourth-order valence-corrected chi connectivity index (χ4v) is 3.43. The van der Waals surface area contributed by atoms with E-state index in [0.29, 0.717) is 24.8 Å². The van der Waals surface area contributed by atoms with E-state index in [2.05, 4.69) is 4.98 Å². The number of amides is 1. The van der Waals surface area contributed by atoms with E-state index in [1.807, 2.05) is 55.1 Å². The highest BCUT2D eigenvalue weighted by Gasteiger charge is 2.34. The van der Waals surface area contributed by atoms with Gasteiger partial charge in [-0.3, -0.25) is 9.78 Å². The molecule has 0 aliphatic heterocycles. The summed E-state index contributed by atoms with van der Waals surface area (Å²) in [5, 5.41) is 0. The molecule has 1 aliphatic rings. The maximum absolute atomic E-state index is 13.2. The minimum Gasteiger partial charge on any atom is -0.488 e. The zero-order valence-corrected chi connectivity index (χ0v) is 16.2. The van der Waals surface area contributed by atoms with Crippen LogP contribution in [0, 0.1) is 13.8 Å². The van der Waals surface area contributed by atoms with Crippen LogP contribution in [0.5, 0.6) is 5.75 Å². The van der Waals surface area contributed by atoms with E-state index in [1.165, 1.54) is 0 Å². The third-order valence-corrected chi connectivity index (χ3v) is 4.97. The molecule has 1 aliphatic carbocycles. The maximum atomic E-state index is 13.2. The third-order valence-electron chi connectivity index (χ3n) is 4.97. The molecular formula is C23H24N2O3. The van der Waals surface area contributed by atoms with Crippen LogP contribution in [0.25, 0.3) is 0 Å². The number of rotatable bonds is 7. The van der Waals surface area contributed by atoms with Crippen LogP contribution in [0.15, 0.2) is 59.5 Å². The molecule has 28 heavy (non-hydrogen) atoms. The SMILES string of the molecule is Cc1cc(C(=O)N(Cc2ccco2)C2CC2)cc(C)c1OCc1cccnc1. The molecule has 0 bridgehead atoms. The summed E-state index contributed by atoms with van der Waals surface area (Å²) in [4.78, 5) is 19.2. The molecule has 5 heteroatoms. The van der Waals surface area contributed by atoms with E-state index < -0.39 is 0 Å². The van der Waals surface area contributed by atoms with Gasteiger partial charge in [-0.15, -0.1) is 0 Å². The van der Waals surface area contributed by atoms with Crippen LogP contribution in [0.2, 0.25) is 0 Å². The van der Waals surface area contributed by atoms with Crippen molar-refractivity contribution in [1.29, 1.82) is 0 Å². The molecule has 0 N–H and O–H groups in total. The predicted octanol–water partition coefficient (Wildman–Crippen LogP) is 4.68. The Morgan fingerprint density at radius 1 is 1.21 bits per heavy atom. The van der Waals surface area contributed by atoms with Gasteiger partial charge in [-0.25, -0.2) is 0 Å². The first-order chi connectivity index (χ1) is 13.6. The van der Waals surface area contributed by atoms with Crippen molar-refractivity contribution >= 4 is 5.91 Å². The number of carbonyl (C=O) groups is 1. The fourth-order valence-electron chi connectivity index (χ4n) is 3.43. The lowest BCUT2D eigenvalue weighted by molar-refractivity contribution is 0.0717. The van der Waals surface area contributed by atoms with Gasteiger partial charge in [-0.05, 0) is 68.1 Å². The highest BCUT2D eigenvalue weighted by Crippen LogP contribution is 2.32. The van der Waals surface area contributed by atoms with Gasteiger partial charge in [0.2, 0.25) is 0 Å². The number of furan rings is 1. The first-order valence-electron chi connectivity index (χ1n) is 9.58. The molecule has 0 atom stereocenters. The van der Waals surface area contributed by atoms with Gasteiger partial charge in [0.15, 0.2) is 0 Å². The highest BCUT2D eigenvalue weighted by atomic mass is 16.5. The Morgan fingerprint density at radius 3 is 2.61 bits per heavy atom. The van der Waals surface area contributed by atoms with E-state index in [0.717, 1.165) is 41.0 Å². The molecule has 0 radical (unpaired) electrons. The Labute approximate surface area is 165 Å². The van der Waals surface area contributed by atoms with Gasteiger partial charge >= 0.3 is 0 Å².